The number of piperidine rings is 1. The normalized spacial score (nSPS) is 17.5. The first-order valence-electron chi connectivity index (χ1n) is 8.21. The maximum Gasteiger partial charge on any atom is 0.295 e. The first kappa shape index (κ1) is 16.7. The molecular weight excluding hydrogens is 283 g/mol. The Labute approximate surface area is 131 Å². The van der Waals surface area contributed by atoms with Crippen molar-refractivity contribution >= 4 is 11.4 Å². The molecule has 5 heteroatoms. The van der Waals surface area contributed by atoms with Crippen LogP contribution in [0.4, 0.5) is 15.8 Å². The molecule has 0 aromatic heterocycles. The molecule has 0 saturated carbocycles. The average Bonchev–Trinajstić information content (AvgIpc) is 2.53. The number of nitro benzene ring substituents is 1. The maximum absolute atomic E-state index is 14.1. The summed E-state index contributed by atoms with van der Waals surface area (Å²) in [5.41, 5.74) is 0.359. The van der Waals surface area contributed by atoms with Gasteiger partial charge in [0.2, 0.25) is 0 Å². The highest BCUT2D eigenvalue weighted by molar-refractivity contribution is 5.64. The SMILES string of the molecule is CCCCC1(CC)CCN(c2c(F)cccc2[N+](=O)[O-])CC1. The van der Waals surface area contributed by atoms with Gasteiger partial charge in [-0.25, -0.2) is 4.39 Å². The number of halogens is 1. The van der Waals surface area contributed by atoms with Crippen LogP contribution in [-0.4, -0.2) is 18.0 Å². The third-order valence-electron chi connectivity index (χ3n) is 5.11. The molecule has 1 saturated heterocycles. The molecule has 0 unspecified atom stereocenters. The lowest BCUT2D eigenvalue weighted by Crippen LogP contribution is -2.40. The van der Waals surface area contributed by atoms with E-state index in [9.17, 15) is 14.5 Å². The van der Waals surface area contributed by atoms with Gasteiger partial charge in [0.1, 0.15) is 0 Å². The van der Waals surface area contributed by atoms with Crippen molar-refractivity contribution in [3.05, 3.63) is 34.1 Å². The highest BCUT2D eigenvalue weighted by atomic mass is 19.1. The summed E-state index contributed by atoms with van der Waals surface area (Å²) >= 11 is 0. The van der Waals surface area contributed by atoms with E-state index in [0.29, 0.717) is 18.5 Å². The minimum atomic E-state index is -0.494. The first-order valence-corrected chi connectivity index (χ1v) is 8.21. The highest BCUT2D eigenvalue weighted by Crippen LogP contribution is 2.42. The quantitative estimate of drug-likeness (QED) is 0.553. The Hall–Kier alpha value is -1.65. The maximum atomic E-state index is 14.1. The molecule has 1 fully saturated rings. The zero-order valence-corrected chi connectivity index (χ0v) is 13.5. The van der Waals surface area contributed by atoms with E-state index < -0.39 is 10.7 Å². The number of nitro groups is 1. The lowest BCUT2D eigenvalue weighted by molar-refractivity contribution is -0.384. The molecule has 22 heavy (non-hydrogen) atoms. The number of unbranched alkanes of at least 4 members (excludes halogenated alkanes) is 1. The van der Waals surface area contributed by atoms with E-state index in [1.807, 2.05) is 4.90 Å². The number of nitrogens with zero attached hydrogens (tertiary/aromatic N) is 2. The molecule has 2 rings (SSSR count). The Morgan fingerprint density at radius 1 is 1.32 bits per heavy atom. The number of hydrogen-bond donors (Lipinski definition) is 0. The number of para-hydroxylation sites is 1. The predicted molar refractivity (Wildman–Crippen MR) is 86.8 cm³/mol. The van der Waals surface area contributed by atoms with Crippen molar-refractivity contribution in [2.24, 2.45) is 5.41 Å². The Bertz CT molecular complexity index is 525. The minimum Gasteiger partial charge on any atom is -0.364 e. The van der Waals surface area contributed by atoms with Gasteiger partial charge in [-0.3, -0.25) is 10.1 Å². The van der Waals surface area contributed by atoms with Crippen molar-refractivity contribution in [2.45, 2.75) is 52.4 Å². The van der Waals surface area contributed by atoms with Gasteiger partial charge >= 0.3 is 0 Å². The second kappa shape index (κ2) is 7.07. The van der Waals surface area contributed by atoms with Crippen LogP contribution in [0.25, 0.3) is 0 Å². The lowest BCUT2D eigenvalue weighted by Gasteiger charge is -2.42. The molecule has 0 atom stereocenters. The van der Waals surface area contributed by atoms with Gasteiger partial charge in [0, 0.05) is 19.2 Å². The zero-order chi connectivity index (χ0) is 16.2. The molecular formula is C17H25FN2O2. The summed E-state index contributed by atoms with van der Waals surface area (Å²) in [6.07, 6.45) is 6.69. The van der Waals surface area contributed by atoms with Crippen LogP contribution in [0.15, 0.2) is 18.2 Å². The van der Waals surface area contributed by atoms with Gasteiger partial charge in [-0.05, 0) is 30.7 Å². The first-order chi connectivity index (χ1) is 10.5. The fourth-order valence-electron chi connectivity index (χ4n) is 3.50. The van der Waals surface area contributed by atoms with Crippen molar-refractivity contribution in [3.8, 4) is 0 Å². The molecule has 1 heterocycles. The lowest BCUT2D eigenvalue weighted by atomic mass is 9.72. The van der Waals surface area contributed by atoms with Crippen LogP contribution in [-0.2, 0) is 0 Å². The van der Waals surface area contributed by atoms with E-state index >= 15 is 0 Å². The summed E-state index contributed by atoms with van der Waals surface area (Å²) in [6, 6.07) is 4.09. The van der Waals surface area contributed by atoms with Crippen LogP contribution in [0.5, 0.6) is 0 Å². The van der Waals surface area contributed by atoms with Crippen LogP contribution in [0, 0.1) is 21.3 Å². The molecule has 0 bridgehead atoms. The topological polar surface area (TPSA) is 46.4 Å². The van der Waals surface area contributed by atoms with E-state index in [1.54, 1.807) is 0 Å². The van der Waals surface area contributed by atoms with Crippen LogP contribution >= 0.6 is 0 Å². The summed E-state index contributed by atoms with van der Waals surface area (Å²) in [6.45, 7) is 5.80. The van der Waals surface area contributed by atoms with Gasteiger partial charge in [0.25, 0.3) is 5.69 Å². The number of anilines is 1. The summed E-state index contributed by atoms with van der Waals surface area (Å²) in [4.78, 5) is 12.5. The third kappa shape index (κ3) is 3.39. The molecule has 1 aliphatic heterocycles. The van der Waals surface area contributed by atoms with Crippen molar-refractivity contribution in [2.75, 3.05) is 18.0 Å². The molecule has 122 valence electrons. The highest BCUT2D eigenvalue weighted by Gasteiger charge is 2.35. The van der Waals surface area contributed by atoms with Gasteiger partial charge in [-0.2, -0.15) is 0 Å². The van der Waals surface area contributed by atoms with Crippen molar-refractivity contribution in [1.29, 1.82) is 0 Å². The number of benzene rings is 1. The van der Waals surface area contributed by atoms with Gasteiger partial charge < -0.3 is 4.90 Å². The van der Waals surface area contributed by atoms with E-state index in [-0.39, 0.29) is 11.4 Å². The zero-order valence-electron chi connectivity index (χ0n) is 13.5. The smallest absolute Gasteiger partial charge is 0.295 e. The summed E-state index contributed by atoms with van der Waals surface area (Å²) in [5, 5.41) is 11.2. The van der Waals surface area contributed by atoms with Crippen molar-refractivity contribution in [1.82, 2.24) is 0 Å². The van der Waals surface area contributed by atoms with Crippen LogP contribution in [0.3, 0.4) is 0 Å². The van der Waals surface area contributed by atoms with E-state index in [0.717, 1.165) is 19.3 Å². The van der Waals surface area contributed by atoms with E-state index in [2.05, 4.69) is 13.8 Å². The largest absolute Gasteiger partial charge is 0.364 e. The fraction of sp³-hybridized carbons (Fsp3) is 0.647. The van der Waals surface area contributed by atoms with Gasteiger partial charge in [0.15, 0.2) is 11.5 Å². The summed E-state index contributed by atoms with van der Waals surface area (Å²) in [5.74, 6) is -0.494. The van der Waals surface area contributed by atoms with Gasteiger partial charge in [0.05, 0.1) is 4.92 Å². The molecule has 0 spiro atoms. The number of hydrogen-bond acceptors (Lipinski definition) is 3. The van der Waals surface area contributed by atoms with Gasteiger partial charge in [-0.15, -0.1) is 0 Å². The molecule has 1 aromatic carbocycles. The minimum absolute atomic E-state index is 0.127. The van der Waals surface area contributed by atoms with Crippen molar-refractivity contribution < 1.29 is 9.31 Å². The second-order valence-corrected chi connectivity index (χ2v) is 6.31. The average molecular weight is 308 g/mol. The predicted octanol–water partition coefficient (Wildman–Crippen LogP) is 4.92. The Kier molecular flexibility index (Phi) is 5.37. The molecule has 1 aromatic rings. The summed E-state index contributed by atoms with van der Waals surface area (Å²) in [7, 11) is 0. The van der Waals surface area contributed by atoms with E-state index in [1.165, 1.54) is 37.5 Å². The van der Waals surface area contributed by atoms with Crippen LogP contribution in [0.2, 0.25) is 0 Å². The Morgan fingerprint density at radius 2 is 2.00 bits per heavy atom. The molecule has 0 radical (unpaired) electrons. The standard InChI is InChI=1S/C17H25FN2O2/c1-3-5-9-17(4-2)10-12-19(13-11-17)16-14(18)7-6-8-15(16)20(21)22/h6-8H,3-5,9-13H2,1-2H3. The summed E-state index contributed by atoms with van der Waals surface area (Å²) < 4.78 is 14.1. The number of rotatable bonds is 6. The van der Waals surface area contributed by atoms with Crippen molar-refractivity contribution in [3.63, 3.8) is 0 Å². The fourth-order valence-corrected chi connectivity index (χ4v) is 3.50. The molecule has 0 amide bonds. The monoisotopic (exact) mass is 308 g/mol. The third-order valence-corrected chi connectivity index (χ3v) is 5.11. The molecule has 1 aliphatic rings. The Morgan fingerprint density at radius 3 is 2.55 bits per heavy atom. The van der Waals surface area contributed by atoms with Gasteiger partial charge in [-0.1, -0.05) is 39.2 Å². The second-order valence-electron chi connectivity index (χ2n) is 6.31. The Balaban J connectivity index is 2.16. The molecule has 4 nitrogen and oxygen atoms in total. The van der Waals surface area contributed by atoms with Crippen LogP contribution < -0.4 is 4.90 Å². The molecule has 0 aliphatic carbocycles. The van der Waals surface area contributed by atoms with E-state index in [4.69, 9.17) is 0 Å². The van der Waals surface area contributed by atoms with Crippen LogP contribution in [0.1, 0.15) is 52.4 Å². The molecule has 0 N–H and O–H groups in total.